The largest absolute Gasteiger partial charge is 0.309 e. The van der Waals surface area contributed by atoms with Crippen LogP contribution < -0.4 is 0 Å². The lowest BCUT2D eigenvalue weighted by Crippen LogP contribution is -2.10. The van der Waals surface area contributed by atoms with Crippen molar-refractivity contribution in [1.82, 2.24) is 13.7 Å². The van der Waals surface area contributed by atoms with Crippen LogP contribution in [0.5, 0.6) is 0 Å². The maximum absolute atomic E-state index is 2.41. The first kappa shape index (κ1) is 74.8. The van der Waals surface area contributed by atoms with Gasteiger partial charge in [0.05, 0.1) is 33.1 Å². The molecular formula is C121H89N3. The fraction of sp³-hybridized carbons (Fsp3) is 0.0579. The number of aromatic nitrogens is 3. The lowest BCUT2D eigenvalue weighted by molar-refractivity contribution is 0.590. The van der Waals surface area contributed by atoms with E-state index in [9.17, 15) is 0 Å². The van der Waals surface area contributed by atoms with E-state index in [4.69, 9.17) is 0 Å². The third-order valence-corrected chi connectivity index (χ3v) is 25.6. The maximum Gasteiger partial charge on any atom is 0.0541 e. The fourth-order valence-electron chi connectivity index (χ4n) is 20.2. The summed E-state index contributed by atoms with van der Waals surface area (Å²) in [5.74, 6) is 0. The Morgan fingerprint density at radius 2 is 0.355 bits per heavy atom. The van der Waals surface area contributed by atoms with Gasteiger partial charge in [-0.15, -0.1) is 0 Å². The van der Waals surface area contributed by atoms with Crippen molar-refractivity contribution in [2.45, 2.75) is 47.0 Å². The van der Waals surface area contributed by atoms with Gasteiger partial charge < -0.3 is 13.7 Å². The van der Waals surface area contributed by atoms with Gasteiger partial charge in [0.15, 0.2) is 0 Å². The second-order valence-electron chi connectivity index (χ2n) is 34.4. The maximum atomic E-state index is 2.41. The molecule has 3 heterocycles. The Balaban J connectivity index is 0.000000111. The van der Waals surface area contributed by atoms with Crippen LogP contribution in [0.15, 0.2) is 431 Å². The molecule has 588 valence electrons. The van der Waals surface area contributed by atoms with Crippen LogP contribution in [0, 0.1) is 20.8 Å². The predicted molar refractivity (Wildman–Crippen MR) is 533 cm³/mol. The van der Waals surface area contributed by atoms with Crippen molar-refractivity contribution in [2.24, 2.45) is 0 Å². The number of nitrogens with zero attached hydrogens (tertiary/aromatic N) is 3. The number of rotatable bonds is 9. The third-order valence-electron chi connectivity index (χ3n) is 25.6. The van der Waals surface area contributed by atoms with Crippen molar-refractivity contribution in [1.29, 1.82) is 0 Å². The lowest BCUT2D eigenvalue weighted by Gasteiger charge is -2.21. The first-order valence-electron chi connectivity index (χ1n) is 43.3. The average Bonchev–Trinajstić information content (AvgIpc) is 1.10. The van der Waals surface area contributed by atoms with Crippen LogP contribution >= 0.6 is 0 Å². The Morgan fingerprint density at radius 3 is 0.589 bits per heavy atom. The molecule has 3 nitrogen and oxygen atoms in total. The summed E-state index contributed by atoms with van der Waals surface area (Å²) in [7, 11) is 0. The van der Waals surface area contributed by atoms with Crippen LogP contribution in [0.25, 0.3) is 214 Å². The summed E-state index contributed by atoms with van der Waals surface area (Å²) in [6, 6.07) is 158. The third kappa shape index (κ3) is 12.8. The molecule has 124 heavy (non-hydrogen) atoms. The summed E-state index contributed by atoms with van der Waals surface area (Å²) in [4.78, 5) is 0. The molecule has 0 fully saturated rings. The molecule has 0 spiro atoms. The van der Waals surface area contributed by atoms with Gasteiger partial charge in [-0.25, -0.2) is 0 Å². The summed E-state index contributed by atoms with van der Waals surface area (Å²) < 4.78 is 7.21. The Labute approximate surface area is 722 Å². The first-order valence-corrected chi connectivity index (χ1v) is 43.3. The van der Waals surface area contributed by atoms with Crippen LogP contribution in [-0.4, -0.2) is 13.7 Å². The quantitative estimate of drug-likeness (QED) is 0.128. The van der Waals surface area contributed by atoms with Crippen LogP contribution in [-0.2, 0) is 5.41 Å². The number of hydrogen-bond donors (Lipinski definition) is 0. The van der Waals surface area contributed by atoms with Gasteiger partial charge in [0.1, 0.15) is 0 Å². The summed E-state index contributed by atoms with van der Waals surface area (Å²) in [6.45, 7) is 13.3. The Kier molecular flexibility index (Phi) is 18.5. The van der Waals surface area contributed by atoms with E-state index in [-0.39, 0.29) is 5.41 Å². The van der Waals surface area contributed by atoms with E-state index in [0.29, 0.717) is 0 Å². The molecule has 21 aromatic carbocycles. The molecule has 0 aliphatic rings. The van der Waals surface area contributed by atoms with Crippen molar-refractivity contribution in [3.63, 3.8) is 0 Å². The zero-order chi connectivity index (χ0) is 83.3. The number of para-hydroxylation sites is 6. The van der Waals surface area contributed by atoms with E-state index in [2.05, 4.69) is 486 Å². The minimum absolute atomic E-state index is 0.119. The molecule has 24 rings (SSSR count). The molecule has 0 saturated carbocycles. The molecule has 0 amide bonds. The van der Waals surface area contributed by atoms with Crippen molar-refractivity contribution in [3.05, 3.63) is 453 Å². The van der Waals surface area contributed by atoms with Gasteiger partial charge in [-0.3, -0.25) is 0 Å². The number of aryl methyl sites for hydroxylation is 3. The molecule has 24 aromatic rings. The van der Waals surface area contributed by atoms with E-state index < -0.39 is 0 Å². The predicted octanol–water partition coefficient (Wildman–Crippen LogP) is 33.5. The number of hydrogen-bond acceptors (Lipinski definition) is 0. The molecule has 0 N–H and O–H groups in total. The van der Waals surface area contributed by atoms with Gasteiger partial charge in [0, 0.05) is 49.4 Å². The normalized spacial score (nSPS) is 11.8. The van der Waals surface area contributed by atoms with E-state index in [1.807, 2.05) is 0 Å². The van der Waals surface area contributed by atoms with E-state index in [0.717, 1.165) is 0 Å². The van der Waals surface area contributed by atoms with Gasteiger partial charge in [0.25, 0.3) is 0 Å². The average molecular weight is 1590 g/mol. The number of benzene rings is 21. The highest BCUT2D eigenvalue weighted by Gasteiger charge is 2.25. The van der Waals surface area contributed by atoms with Crippen molar-refractivity contribution >= 4 is 130 Å². The fourth-order valence-corrected chi connectivity index (χ4v) is 20.2. The molecular weight excluding hydrogens is 1500 g/mol. The van der Waals surface area contributed by atoms with Gasteiger partial charge in [0.2, 0.25) is 0 Å². The van der Waals surface area contributed by atoms with Crippen molar-refractivity contribution < 1.29 is 0 Å². The number of fused-ring (bicyclic) bond motifs is 15. The van der Waals surface area contributed by atoms with Crippen LogP contribution in [0.4, 0.5) is 0 Å². The molecule has 0 aliphatic carbocycles. The van der Waals surface area contributed by atoms with Crippen molar-refractivity contribution in [3.8, 4) is 83.8 Å². The van der Waals surface area contributed by atoms with Gasteiger partial charge >= 0.3 is 0 Å². The molecule has 0 bridgehead atoms. The summed E-state index contributed by atoms with van der Waals surface area (Å²) in [6.07, 6.45) is 0. The highest BCUT2D eigenvalue weighted by Crippen LogP contribution is 2.50. The topological polar surface area (TPSA) is 14.8 Å². The molecule has 0 radical (unpaired) electrons. The summed E-state index contributed by atoms with van der Waals surface area (Å²) in [5.41, 5.74) is 31.4. The standard InChI is InChI=1S/C42H33N.C40H29N.C39H27N/c1-42(2,3)30-25-23-28(24-26-30)40-34-17-4-6-19-36(34)41(37-20-7-5-18-35(37)40)29-13-12-14-31(27-29)43-38-21-10-8-15-32(38)33-16-9-11-22-39(33)43;1-26-22-27(2)24-29(23-26)40-35-18-5-3-16-33(35)39(34-17-4-6-19-36(34)40)28-12-11-13-30(25-28)41-37-20-9-7-14-31(37)32-15-8-10-21-38(32)41;1-26-21-23-27(24-22-26)38-32-15-2-4-17-34(32)39(35-18-5-3-16-33(35)38)28-11-10-12-29(25-28)40-36-19-8-6-13-30(36)31-14-7-9-20-37(31)40/h4-27H,1-3H3;3-25H,1-2H3;2-25H,1H3. The minimum Gasteiger partial charge on any atom is -0.309 e. The van der Waals surface area contributed by atoms with Crippen LogP contribution in [0.3, 0.4) is 0 Å². The molecule has 3 heteroatoms. The zero-order valence-electron chi connectivity index (χ0n) is 70.3. The van der Waals surface area contributed by atoms with Crippen LogP contribution in [0.1, 0.15) is 43.0 Å². The van der Waals surface area contributed by atoms with Gasteiger partial charge in [-0.05, 0) is 236 Å². The van der Waals surface area contributed by atoms with Crippen molar-refractivity contribution in [2.75, 3.05) is 0 Å². The highest BCUT2D eigenvalue weighted by atomic mass is 15.0. The minimum atomic E-state index is 0.119. The Bertz CT molecular complexity index is 8010. The summed E-state index contributed by atoms with van der Waals surface area (Å²) in [5, 5.41) is 23.0. The molecule has 0 atom stereocenters. The van der Waals surface area contributed by atoms with E-state index >= 15 is 0 Å². The molecule has 0 unspecified atom stereocenters. The van der Waals surface area contributed by atoms with E-state index in [1.54, 1.807) is 0 Å². The molecule has 3 aromatic heterocycles. The SMILES string of the molecule is CC(C)(C)c1ccc(-c2c3ccccc3c(-c3cccc(-n4c5ccccc5c5ccccc54)c3)c3ccccc23)cc1.Cc1cc(C)cc(-c2c3ccccc3c(-c3cccc(-n4c5ccccc5c5ccccc54)c3)c3ccccc23)c1.Cc1ccc(-c2c3ccccc3c(-c3cccc(-n4c5ccccc5c5ccccc54)c3)c3ccccc23)cc1. The van der Waals surface area contributed by atoms with Crippen LogP contribution in [0.2, 0.25) is 0 Å². The Morgan fingerprint density at radius 1 is 0.153 bits per heavy atom. The Hall–Kier alpha value is -15.4. The second kappa shape index (κ2) is 30.7. The van der Waals surface area contributed by atoms with Gasteiger partial charge in [-0.1, -0.05) is 395 Å². The second-order valence-corrected chi connectivity index (χ2v) is 34.4. The first-order chi connectivity index (χ1) is 60.9. The highest BCUT2D eigenvalue weighted by molar-refractivity contribution is 6.25. The monoisotopic (exact) mass is 1580 g/mol. The smallest absolute Gasteiger partial charge is 0.0541 e. The zero-order valence-corrected chi connectivity index (χ0v) is 70.3. The van der Waals surface area contributed by atoms with Gasteiger partial charge in [-0.2, -0.15) is 0 Å². The molecule has 0 saturated heterocycles. The molecule has 0 aliphatic heterocycles. The lowest BCUT2D eigenvalue weighted by atomic mass is 9.83. The van der Waals surface area contributed by atoms with E-state index in [1.165, 1.54) is 236 Å². The summed E-state index contributed by atoms with van der Waals surface area (Å²) >= 11 is 0.